The van der Waals surface area contributed by atoms with Crippen molar-refractivity contribution in [3.05, 3.63) is 309 Å². The summed E-state index contributed by atoms with van der Waals surface area (Å²) in [7, 11) is 14.1. The molecule has 12 rings (SSSR count). The van der Waals surface area contributed by atoms with E-state index in [1.54, 1.807) is 102 Å². The Hall–Kier alpha value is -18.3. The molecule has 0 aliphatic heterocycles. The standard InChI is InChI=1S/2C14H14N4O4.C14H16N4O2.2C13H12N4O4.C7H7ClN2O.C6H6N2O3/c2*1-15-11-4-3-9(8-13(11)18(20)21)22-10-5-6-17-12(7-10)14(19)16-2;1-16-12-4-3-9(7-11(12)15)20-10-5-6-18-13(8-10)14(19)17-2;2*1-15-13(18)11-6-9(4-5-16-11)21-8-2-3-10(14)12(7-8)17(19)20;1-9-7(11)6-4-5(8)2-3-10-6;7-5-2-1-4(9)3-6(5)8(10)11/h2*3-8,15H,1-2H3,(H,16,19);3-8,16H,15H2,1-2H3,(H,17,19);2*2-7H,14H2,1H3,(H,15,18);2-4H,1H3,(H,9,11);1-3,9H,7H2. The zero-order valence-electron chi connectivity index (χ0n) is 68.9. The van der Waals surface area contributed by atoms with Crippen molar-refractivity contribution in [1.82, 2.24) is 61.8 Å². The van der Waals surface area contributed by atoms with E-state index in [9.17, 15) is 79.3 Å². The van der Waals surface area contributed by atoms with Crippen LogP contribution in [0.4, 0.5) is 68.2 Å². The summed E-state index contributed by atoms with van der Waals surface area (Å²) in [5.74, 6) is 1.51. The Kier molecular flexibility index (Phi) is 37.6. The Morgan fingerprint density at radius 1 is 0.281 bits per heavy atom. The number of phenolic OH excluding ortho intramolecular Hbond substituents is 1. The summed E-state index contributed by atoms with van der Waals surface area (Å²) in [5, 5.41) is 86.4. The highest BCUT2D eigenvalue weighted by molar-refractivity contribution is 6.30. The molecule has 0 saturated heterocycles. The molecule has 0 saturated carbocycles. The Morgan fingerprint density at radius 3 is 0.742 bits per heavy atom. The van der Waals surface area contributed by atoms with E-state index >= 15 is 0 Å². The van der Waals surface area contributed by atoms with Gasteiger partial charge >= 0.3 is 0 Å². The van der Waals surface area contributed by atoms with Crippen LogP contribution in [-0.4, -0.2) is 158 Å². The first kappa shape index (κ1) is 98.6. The first-order valence-electron chi connectivity index (χ1n) is 36.5. The van der Waals surface area contributed by atoms with Crippen LogP contribution >= 0.6 is 11.6 Å². The number of pyridine rings is 6. The molecule has 0 unspecified atom stereocenters. The average molecular weight is 1780 g/mol. The lowest BCUT2D eigenvalue weighted by molar-refractivity contribution is -0.384. The van der Waals surface area contributed by atoms with Gasteiger partial charge in [-0.1, -0.05) is 11.6 Å². The van der Waals surface area contributed by atoms with E-state index in [4.69, 9.17) is 63.3 Å². The van der Waals surface area contributed by atoms with Crippen LogP contribution in [0.1, 0.15) is 62.9 Å². The van der Waals surface area contributed by atoms with Crippen molar-refractivity contribution in [3.63, 3.8) is 0 Å². The van der Waals surface area contributed by atoms with Crippen molar-refractivity contribution < 1.29 is 82.2 Å². The molecule has 12 aromatic rings. The number of nitrogen functional groups attached to an aromatic ring is 4. The van der Waals surface area contributed by atoms with Gasteiger partial charge in [0.15, 0.2) is 0 Å². The Balaban J connectivity index is 0.000000233. The van der Waals surface area contributed by atoms with Crippen molar-refractivity contribution in [2.24, 2.45) is 0 Å². The molecule has 6 aromatic heterocycles. The van der Waals surface area contributed by atoms with Gasteiger partial charge in [0, 0.05) is 142 Å². The largest absolute Gasteiger partial charge is 0.508 e. The summed E-state index contributed by atoms with van der Waals surface area (Å²) in [5.41, 5.74) is 24.9. The fraction of sp³-hybridized carbons (Fsp3) is 0.111. The number of nitrogens with one attached hydrogen (secondary N) is 9. The predicted octanol–water partition coefficient (Wildman–Crippen LogP) is 11.6. The number of rotatable bonds is 24. The number of nitro groups is 5. The quantitative estimate of drug-likeness (QED) is 0.0116. The number of aromatic nitrogens is 6. The number of benzene rings is 6. The number of aromatic hydroxyl groups is 1. The van der Waals surface area contributed by atoms with Gasteiger partial charge in [-0.2, -0.15) is 0 Å². The molecule has 0 aliphatic carbocycles. The van der Waals surface area contributed by atoms with Crippen molar-refractivity contribution in [1.29, 1.82) is 0 Å². The number of carbonyl (C=O) groups excluding carboxylic acids is 6. The number of amides is 6. The molecule has 0 aliphatic rings. The van der Waals surface area contributed by atoms with Crippen LogP contribution in [-0.2, 0) is 0 Å². The second-order valence-corrected chi connectivity index (χ2v) is 25.0. The van der Waals surface area contributed by atoms with Gasteiger partial charge in [-0.05, 0) is 115 Å². The molecule has 0 radical (unpaired) electrons. The van der Waals surface area contributed by atoms with Gasteiger partial charge in [-0.15, -0.1) is 0 Å². The number of anilines is 7. The maximum absolute atomic E-state index is 11.5. The zero-order chi connectivity index (χ0) is 94.3. The lowest BCUT2D eigenvalue weighted by Gasteiger charge is -2.10. The number of carbonyl (C=O) groups is 6. The molecule has 0 atom stereocenters. The highest BCUT2D eigenvalue weighted by atomic mass is 35.5. The second kappa shape index (κ2) is 48.8. The first-order valence-corrected chi connectivity index (χ1v) is 36.9. The molecule has 128 heavy (non-hydrogen) atoms. The third kappa shape index (κ3) is 30.2. The minimum Gasteiger partial charge on any atom is -0.508 e. The van der Waals surface area contributed by atoms with E-state index in [2.05, 4.69) is 77.8 Å². The van der Waals surface area contributed by atoms with E-state index in [-0.39, 0.29) is 121 Å². The summed E-state index contributed by atoms with van der Waals surface area (Å²) < 4.78 is 27.7. The fourth-order valence-corrected chi connectivity index (χ4v) is 10.0. The van der Waals surface area contributed by atoms with Crippen LogP contribution in [0.5, 0.6) is 63.2 Å². The predicted molar refractivity (Wildman–Crippen MR) is 471 cm³/mol. The second-order valence-electron chi connectivity index (χ2n) is 24.6. The van der Waals surface area contributed by atoms with Crippen LogP contribution < -0.4 is 94.5 Å². The normalized spacial score (nSPS) is 9.83. The van der Waals surface area contributed by atoms with Crippen molar-refractivity contribution in [3.8, 4) is 63.2 Å². The van der Waals surface area contributed by atoms with E-state index < -0.39 is 24.6 Å². The molecular formula is C81H81ClN24O22. The molecule has 0 spiro atoms. The summed E-state index contributed by atoms with van der Waals surface area (Å²) in [4.78, 5) is 143. The Labute approximate surface area is 730 Å². The van der Waals surface area contributed by atoms with Crippen LogP contribution in [0.2, 0.25) is 5.02 Å². The first-order chi connectivity index (χ1) is 61.1. The lowest BCUT2D eigenvalue weighted by Crippen LogP contribution is -2.18. The van der Waals surface area contributed by atoms with Gasteiger partial charge in [0.25, 0.3) is 63.9 Å². The molecule has 6 heterocycles. The third-order valence-corrected chi connectivity index (χ3v) is 16.3. The van der Waals surface area contributed by atoms with Crippen LogP contribution in [0.15, 0.2) is 219 Å². The molecule has 6 amide bonds. The van der Waals surface area contributed by atoms with Gasteiger partial charge in [-0.3, -0.25) is 109 Å². The number of halogens is 1. The van der Waals surface area contributed by atoms with Gasteiger partial charge in [-0.25, -0.2) is 0 Å². The van der Waals surface area contributed by atoms with Gasteiger partial charge in [0.2, 0.25) is 0 Å². The van der Waals surface area contributed by atoms with Gasteiger partial charge < -0.3 is 99.6 Å². The highest BCUT2D eigenvalue weighted by Crippen LogP contribution is 2.36. The van der Waals surface area contributed by atoms with Crippen LogP contribution in [0, 0.1) is 50.6 Å². The van der Waals surface area contributed by atoms with Gasteiger partial charge in [0.1, 0.15) is 126 Å². The maximum atomic E-state index is 11.5. The number of hydrogen-bond acceptors (Lipinski definition) is 35. The molecule has 47 heteroatoms. The number of nitrogens with two attached hydrogens (primary N) is 4. The summed E-state index contributed by atoms with van der Waals surface area (Å²) >= 11 is 5.63. The van der Waals surface area contributed by atoms with Crippen LogP contribution in [0.3, 0.4) is 0 Å². The monoisotopic (exact) mass is 1780 g/mol. The van der Waals surface area contributed by atoms with Crippen LogP contribution in [0.25, 0.3) is 0 Å². The average Bonchev–Trinajstić information content (AvgIpc) is 0.845. The van der Waals surface area contributed by atoms with Gasteiger partial charge in [0.05, 0.1) is 66.3 Å². The number of ether oxygens (including phenoxy) is 5. The Bertz CT molecular complexity index is 5780. The van der Waals surface area contributed by atoms with Crippen molar-refractivity contribution in [2.45, 2.75) is 0 Å². The van der Waals surface area contributed by atoms with E-state index in [0.29, 0.717) is 79.5 Å². The molecule has 0 fully saturated rings. The van der Waals surface area contributed by atoms with Crippen molar-refractivity contribution >= 4 is 115 Å². The number of nitrogens with zero attached hydrogens (tertiary/aromatic N) is 11. The molecule has 0 bridgehead atoms. The minimum absolute atomic E-state index is 0.0489. The topological polar surface area (TPSA) is 674 Å². The van der Waals surface area contributed by atoms with E-state index in [1.165, 1.54) is 168 Å². The summed E-state index contributed by atoms with van der Waals surface area (Å²) in [6, 6.07) is 44.4. The Morgan fingerprint density at radius 2 is 0.500 bits per heavy atom. The molecule has 18 N–H and O–H groups in total. The van der Waals surface area contributed by atoms with Crippen molar-refractivity contribution in [2.75, 3.05) is 102 Å². The number of phenols is 1. The SMILES string of the molecule is CNC(=O)c1cc(Cl)ccn1.CNC(=O)c1cc(Oc2ccc(N)c([N+](=O)[O-])c2)ccn1.CNC(=O)c1cc(Oc2ccc(N)c([N+](=O)[O-])c2)ccn1.CNC(=O)c1cc(Oc2ccc(NC)c(N)c2)ccn1.CNC(=O)c1cc(Oc2ccc(NC)c([N+](=O)[O-])c2)ccn1.CNC(=O)c1cc(Oc2ccc(NC)c([N+](=O)[O-])c2)ccn1.Nc1ccc(O)cc1[N+](=O)[O-]. The zero-order valence-corrected chi connectivity index (χ0v) is 69.7. The molecular weight excluding hydrogens is 1700 g/mol. The lowest BCUT2D eigenvalue weighted by atomic mass is 10.2. The highest BCUT2D eigenvalue weighted by Gasteiger charge is 2.21. The maximum Gasteiger partial charge on any atom is 0.296 e. The smallest absolute Gasteiger partial charge is 0.296 e. The molecule has 46 nitrogen and oxygen atoms in total. The number of hydrogen-bond donors (Lipinski definition) is 14. The number of nitro benzene ring substituents is 5. The van der Waals surface area contributed by atoms with E-state index in [0.717, 1.165) is 11.8 Å². The fourth-order valence-electron chi connectivity index (χ4n) is 9.86. The summed E-state index contributed by atoms with van der Waals surface area (Å²) in [6.07, 6.45) is 8.68. The third-order valence-electron chi connectivity index (χ3n) is 16.1. The molecule has 6 aromatic carbocycles. The molecule has 664 valence electrons. The van der Waals surface area contributed by atoms with E-state index in [1.807, 2.05) is 6.07 Å². The minimum atomic E-state index is -0.644. The summed E-state index contributed by atoms with van der Waals surface area (Å²) in [6.45, 7) is 0.